The molecule has 3 heterocycles. The molecule has 3 rings (SSSR count). The van der Waals surface area contributed by atoms with Crippen molar-refractivity contribution in [3.05, 3.63) is 34.2 Å². The number of hydrogen-bond donors (Lipinski definition) is 1. The maximum atomic E-state index is 12.8. The summed E-state index contributed by atoms with van der Waals surface area (Å²) in [6, 6.07) is 4.57. The van der Waals surface area contributed by atoms with Crippen LogP contribution in [0.1, 0.15) is 12.1 Å². The highest BCUT2D eigenvalue weighted by Gasteiger charge is 2.35. The third-order valence-electron chi connectivity index (χ3n) is 4.99. The number of aromatic nitrogens is 1. The molecule has 2 saturated heterocycles. The van der Waals surface area contributed by atoms with Gasteiger partial charge >= 0.3 is 0 Å². The van der Waals surface area contributed by atoms with Crippen LogP contribution in [0.2, 0.25) is 0 Å². The monoisotopic (exact) mass is 362 g/mol. The van der Waals surface area contributed by atoms with Crippen LogP contribution in [-0.4, -0.2) is 78.2 Å². The van der Waals surface area contributed by atoms with Gasteiger partial charge in [0.1, 0.15) is 6.04 Å². The first-order valence-corrected chi connectivity index (χ1v) is 9.11. The Morgan fingerprint density at radius 1 is 1.23 bits per heavy atom. The van der Waals surface area contributed by atoms with Crippen molar-refractivity contribution >= 4 is 11.8 Å². The summed E-state index contributed by atoms with van der Waals surface area (Å²) < 4.78 is 6.90. The molecule has 8 nitrogen and oxygen atoms in total. The fraction of sp³-hybridized carbons (Fsp3) is 0.611. The number of morpholine rings is 1. The van der Waals surface area contributed by atoms with E-state index in [1.54, 1.807) is 20.4 Å². The lowest BCUT2D eigenvalue weighted by Gasteiger charge is -2.39. The first kappa shape index (κ1) is 18.6. The lowest BCUT2D eigenvalue weighted by molar-refractivity contribution is -0.149. The summed E-state index contributed by atoms with van der Waals surface area (Å²) >= 11 is 0. The van der Waals surface area contributed by atoms with E-state index in [1.807, 2.05) is 13.0 Å². The predicted molar refractivity (Wildman–Crippen MR) is 95.8 cm³/mol. The summed E-state index contributed by atoms with van der Waals surface area (Å²) in [6.07, 6.45) is 0.206. The van der Waals surface area contributed by atoms with Gasteiger partial charge < -0.3 is 24.4 Å². The van der Waals surface area contributed by atoms with Crippen molar-refractivity contribution in [3.8, 4) is 0 Å². The number of nitrogens with one attached hydrogen (secondary N) is 1. The molecule has 0 aromatic carbocycles. The Balaban J connectivity index is 1.66. The Kier molecular flexibility index (Phi) is 6.05. The molecule has 1 atom stereocenters. The van der Waals surface area contributed by atoms with Crippen molar-refractivity contribution in [1.29, 1.82) is 0 Å². The first-order chi connectivity index (χ1) is 12.6. The zero-order valence-electron chi connectivity index (χ0n) is 15.1. The van der Waals surface area contributed by atoms with Crippen LogP contribution in [0, 0.1) is 6.92 Å². The maximum absolute atomic E-state index is 12.8. The van der Waals surface area contributed by atoms with Gasteiger partial charge in [-0.2, -0.15) is 0 Å². The normalized spacial score (nSPS) is 20.9. The molecule has 0 unspecified atom stereocenters. The largest absolute Gasteiger partial charge is 0.378 e. The summed E-state index contributed by atoms with van der Waals surface area (Å²) in [5, 5.41) is 3.20. The Bertz CT molecular complexity index is 711. The van der Waals surface area contributed by atoms with Gasteiger partial charge in [0, 0.05) is 57.4 Å². The van der Waals surface area contributed by atoms with Crippen LogP contribution in [-0.2, 0) is 20.9 Å². The highest BCUT2D eigenvalue weighted by Crippen LogP contribution is 2.11. The molecular weight excluding hydrogens is 336 g/mol. The smallest absolute Gasteiger partial charge is 0.250 e. The van der Waals surface area contributed by atoms with Crippen molar-refractivity contribution in [2.45, 2.75) is 25.9 Å². The van der Waals surface area contributed by atoms with Gasteiger partial charge in [0.2, 0.25) is 11.8 Å². The van der Waals surface area contributed by atoms with Crippen LogP contribution in [0.5, 0.6) is 0 Å². The topological polar surface area (TPSA) is 83.9 Å². The fourth-order valence-corrected chi connectivity index (χ4v) is 3.48. The third kappa shape index (κ3) is 4.13. The highest BCUT2D eigenvalue weighted by atomic mass is 16.5. The third-order valence-corrected chi connectivity index (χ3v) is 4.99. The average Bonchev–Trinajstić information content (AvgIpc) is 2.67. The second-order valence-electron chi connectivity index (χ2n) is 6.65. The molecular formula is C18H26N4O4. The summed E-state index contributed by atoms with van der Waals surface area (Å²) in [7, 11) is 0. The van der Waals surface area contributed by atoms with E-state index in [1.165, 1.54) is 6.07 Å². The summed E-state index contributed by atoms with van der Waals surface area (Å²) in [6.45, 7) is 6.02. The van der Waals surface area contributed by atoms with Crippen molar-refractivity contribution in [2.75, 3.05) is 45.9 Å². The molecule has 26 heavy (non-hydrogen) atoms. The number of rotatable bonds is 4. The number of carbonyl (C=O) groups is 2. The lowest BCUT2D eigenvalue weighted by atomic mass is 10.1. The molecule has 2 fully saturated rings. The maximum Gasteiger partial charge on any atom is 0.250 e. The Morgan fingerprint density at radius 3 is 2.73 bits per heavy atom. The summed E-state index contributed by atoms with van der Waals surface area (Å²) in [4.78, 5) is 41.0. The second kappa shape index (κ2) is 8.46. The Morgan fingerprint density at radius 2 is 2.00 bits per heavy atom. The molecule has 0 bridgehead atoms. The molecule has 0 spiro atoms. The summed E-state index contributed by atoms with van der Waals surface area (Å²) in [5.74, 6) is -0.116. The minimum atomic E-state index is -0.483. The van der Waals surface area contributed by atoms with Gasteiger partial charge in [0.15, 0.2) is 0 Å². The van der Waals surface area contributed by atoms with E-state index in [4.69, 9.17) is 4.74 Å². The first-order valence-electron chi connectivity index (χ1n) is 9.11. The molecule has 1 aromatic heterocycles. The van der Waals surface area contributed by atoms with Gasteiger partial charge in [-0.05, 0) is 13.0 Å². The van der Waals surface area contributed by atoms with Gasteiger partial charge in [-0.1, -0.05) is 6.07 Å². The van der Waals surface area contributed by atoms with Crippen molar-refractivity contribution < 1.29 is 14.3 Å². The van der Waals surface area contributed by atoms with Gasteiger partial charge in [0.25, 0.3) is 5.56 Å². The number of carbonyl (C=O) groups excluding carboxylic acids is 2. The van der Waals surface area contributed by atoms with E-state index in [-0.39, 0.29) is 23.8 Å². The van der Waals surface area contributed by atoms with Crippen LogP contribution in [0.3, 0.4) is 0 Å². The van der Waals surface area contributed by atoms with Crippen LogP contribution in [0.15, 0.2) is 23.0 Å². The molecule has 2 amide bonds. The average molecular weight is 362 g/mol. The van der Waals surface area contributed by atoms with E-state index < -0.39 is 6.04 Å². The van der Waals surface area contributed by atoms with Crippen molar-refractivity contribution in [2.24, 2.45) is 0 Å². The molecule has 8 heteroatoms. The van der Waals surface area contributed by atoms with Crippen molar-refractivity contribution in [1.82, 2.24) is 19.7 Å². The number of hydrogen-bond acceptors (Lipinski definition) is 5. The van der Waals surface area contributed by atoms with Crippen LogP contribution >= 0.6 is 0 Å². The quantitative estimate of drug-likeness (QED) is 0.759. The van der Waals surface area contributed by atoms with Crippen LogP contribution < -0.4 is 10.9 Å². The molecule has 2 aliphatic rings. The predicted octanol–water partition coefficient (Wildman–Crippen LogP) is -0.794. The Hall–Kier alpha value is -2.19. The number of nitrogens with zero attached hydrogens (tertiary/aromatic N) is 3. The van der Waals surface area contributed by atoms with E-state index in [0.717, 1.165) is 5.69 Å². The molecule has 1 N–H and O–H groups in total. The van der Waals surface area contributed by atoms with E-state index in [0.29, 0.717) is 52.5 Å². The van der Waals surface area contributed by atoms with Gasteiger partial charge in [-0.25, -0.2) is 0 Å². The molecule has 0 aliphatic carbocycles. The van der Waals surface area contributed by atoms with Gasteiger partial charge in [-0.3, -0.25) is 14.4 Å². The fourth-order valence-electron chi connectivity index (χ4n) is 3.48. The van der Waals surface area contributed by atoms with E-state index in [2.05, 4.69) is 5.32 Å². The number of piperazine rings is 1. The zero-order valence-corrected chi connectivity index (χ0v) is 15.1. The number of pyridine rings is 1. The minimum Gasteiger partial charge on any atom is -0.378 e. The molecule has 2 aliphatic heterocycles. The van der Waals surface area contributed by atoms with Gasteiger partial charge in [0.05, 0.1) is 13.2 Å². The minimum absolute atomic E-state index is 0.0260. The molecule has 142 valence electrons. The van der Waals surface area contributed by atoms with Gasteiger partial charge in [-0.15, -0.1) is 0 Å². The number of amides is 2. The SMILES string of the molecule is Cc1cccc(=O)n1CCC(=O)N1CCNC[C@@H]1C(=O)N1CCOCC1. The van der Waals surface area contributed by atoms with Crippen LogP contribution in [0.4, 0.5) is 0 Å². The second-order valence-corrected chi connectivity index (χ2v) is 6.65. The van der Waals surface area contributed by atoms with Crippen molar-refractivity contribution in [3.63, 3.8) is 0 Å². The van der Waals surface area contributed by atoms with E-state index in [9.17, 15) is 14.4 Å². The lowest BCUT2D eigenvalue weighted by Crippen LogP contribution is -2.61. The van der Waals surface area contributed by atoms with Crippen LogP contribution in [0.25, 0.3) is 0 Å². The zero-order chi connectivity index (χ0) is 18.5. The molecule has 0 radical (unpaired) electrons. The van der Waals surface area contributed by atoms with E-state index >= 15 is 0 Å². The highest BCUT2D eigenvalue weighted by molar-refractivity contribution is 5.88. The molecule has 0 saturated carbocycles. The number of aryl methyl sites for hydroxylation is 1. The standard InChI is InChI=1S/C18H26N4O4/c1-14-3-2-4-16(23)21(14)7-5-17(24)22-8-6-19-13-15(22)18(25)20-9-11-26-12-10-20/h2-4,15,19H,5-13H2,1H3/t15-/m1/s1. The molecule has 1 aromatic rings. The Labute approximate surface area is 152 Å². The number of ether oxygens (including phenoxy) is 1. The summed E-state index contributed by atoms with van der Waals surface area (Å²) in [5.41, 5.74) is 0.714.